The van der Waals surface area contributed by atoms with Gasteiger partial charge in [-0.15, -0.1) is 23.1 Å². The molecule has 0 radical (unpaired) electrons. The number of halogens is 1. The number of thioether (sulfide) groups is 1. The summed E-state index contributed by atoms with van der Waals surface area (Å²) in [5.41, 5.74) is 1.17. The van der Waals surface area contributed by atoms with Crippen LogP contribution in [0.2, 0.25) is 0 Å². The first-order chi connectivity index (χ1) is 10.1. The average molecular weight is 385 g/mol. The molecule has 0 aliphatic carbocycles. The maximum absolute atomic E-state index is 4.72. The third-order valence-corrected chi connectivity index (χ3v) is 6.22. The van der Waals surface area contributed by atoms with Crippen molar-refractivity contribution in [2.75, 3.05) is 6.54 Å². The van der Waals surface area contributed by atoms with Crippen LogP contribution in [0.3, 0.4) is 0 Å². The van der Waals surface area contributed by atoms with Gasteiger partial charge in [0.15, 0.2) is 0 Å². The van der Waals surface area contributed by atoms with Crippen LogP contribution in [0.25, 0.3) is 0 Å². The fourth-order valence-electron chi connectivity index (χ4n) is 2.06. The fraction of sp³-hybridized carbons (Fsp3) is 0.438. The van der Waals surface area contributed by atoms with E-state index in [1.165, 1.54) is 20.5 Å². The van der Waals surface area contributed by atoms with Crippen LogP contribution in [-0.4, -0.2) is 11.5 Å². The molecule has 0 amide bonds. The van der Waals surface area contributed by atoms with Gasteiger partial charge in [-0.3, -0.25) is 0 Å². The van der Waals surface area contributed by atoms with Gasteiger partial charge >= 0.3 is 0 Å². The molecule has 1 aromatic heterocycles. The van der Waals surface area contributed by atoms with E-state index >= 15 is 0 Å². The molecule has 1 unspecified atom stereocenters. The van der Waals surface area contributed by atoms with E-state index in [1.807, 2.05) is 23.1 Å². The molecule has 5 heteroatoms. The Kier molecular flexibility index (Phi) is 6.74. The van der Waals surface area contributed by atoms with Crippen LogP contribution >= 0.6 is 39.0 Å². The van der Waals surface area contributed by atoms with Gasteiger partial charge in [-0.1, -0.05) is 22.9 Å². The third-order valence-electron chi connectivity index (χ3n) is 3.15. The number of hydrogen-bond acceptors (Lipinski definition) is 4. The van der Waals surface area contributed by atoms with Crippen LogP contribution in [0.1, 0.15) is 41.9 Å². The molecule has 1 atom stereocenters. The molecule has 0 aliphatic rings. The van der Waals surface area contributed by atoms with Crippen molar-refractivity contribution in [3.8, 4) is 0 Å². The molecule has 2 aromatic rings. The summed E-state index contributed by atoms with van der Waals surface area (Å²) in [5, 5.41) is 4.75. The van der Waals surface area contributed by atoms with E-state index in [2.05, 4.69) is 66.3 Å². The zero-order valence-corrected chi connectivity index (χ0v) is 15.9. The van der Waals surface area contributed by atoms with Gasteiger partial charge in [0.05, 0.1) is 11.4 Å². The summed E-state index contributed by atoms with van der Waals surface area (Å²) in [6, 6.07) is 8.84. The van der Waals surface area contributed by atoms with Crippen molar-refractivity contribution in [1.29, 1.82) is 0 Å². The monoisotopic (exact) mass is 384 g/mol. The van der Waals surface area contributed by atoms with E-state index in [0.29, 0.717) is 6.04 Å². The maximum atomic E-state index is 4.72. The summed E-state index contributed by atoms with van der Waals surface area (Å²) in [6.07, 6.45) is 1.16. The Hall–Kier alpha value is -0.360. The minimum absolute atomic E-state index is 0.397. The Morgan fingerprint density at radius 2 is 2.05 bits per heavy atom. The number of nitrogens with zero attached hydrogens (tertiary/aromatic N) is 1. The maximum Gasteiger partial charge on any atom is 0.103 e. The molecule has 0 bridgehead atoms. The van der Waals surface area contributed by atoms with E-state index < -0.39 is 0 Å². The molecule has 2 rings (SSSR count). The average Bonchev–Trinajstić information content (AvgIpc) is 2.85. The molecule has 114 valence electrons. The fourth-order valence-corrected chi connectivity index (χ4v) is 4.31. The van der Waals surface area contributed by atoms with Crippen LogP contribution in [0.5, 0.6) is 0 Å². The second-order valence-corrected chi connectivity index (χ2v) is 8.06. The van der Waals surface area contributed by atoms with Gasteiger partial charge in [0, 0.05) is 20.3 Å². The molecule has 21 heavy (non-hydrogen) atoms. The normalized spacial score (nSPS) is 12.6. The lowest BCUT2D eigenvalue weighted by molar-refractivity contribution is 0.575. The zero-order chi connectivity index (χ0) is 15.2. The van der Waals surface area contributed by atoms with E-state index in [1.54, 1.807) is 0 Å². The predicted octanol–water partition coefficient (Wildman–Crippen LogP) is 5.57. The van der Waals surface area contributed by atoms with Crippen LogP contribution < -0.4 is 5.32 Å². The summed E-state index contributed by atoms with van der Waals surface area (Å²) >= 11 is 7.14. The highest BCUT2D eigenvalue weighted by Crippen LogP contribution is 2.30. The van der Waals surface area contributed by atoms with Gasteiger partial charge in [-0.05, 0) is 51.1 Å². The Bertz CT molecular complexity index is 566. The number of aromatic nitrogens is 1. The number of nitrogens with one attached hydrogen (secondary N) is 1. The Morgan fingerprint density at radius 3 is 2.71 bits per heavy atom. The van der Waals surface area contributed by atoms with Crippen molar-refractivity contribution >= 4 is 39.0 Å². The standard InChI is InChI=1S/C16H21BrN2S2/c1-4-9-18-11(2)16-12(3)19-15(21-16)10-20-14-7-5-13(17)6-8-14/h5-8,11,18H,4,9-10H2,1-3H3. The Balaban J connectivity index is 1.96. The minimum atomic E-state index is 0.397. The zero-order valence-electron chi connectivity index (χ0n) is 12.6. The topological polar surface area (TPSA) is 24.9 Å². The first kappa shape index (κ1) is 17.0. The molecule has 1 N–H and O–H groups in total. The van der Waals surface area contributed by atoms with Crippen molar-refractivity contribution < 1.29 is 0 Å². The number of rotatable bonds is 7. The number of thiazole rings is 1. The first-order valence-electron chi connectivity index (χ1n) is 7.18. The summed E-state index contributed by atoms with van der Waals surface area (Å²) in [7, 11) is 0. The van der Waals surface area contributed by atoms with Crippen molar-refractivity contribution in [2.24, 2.45) is 0 Å². The van der Waals surface area contributed by atoms with E-state index in [-0.39, 0.29) is 0 Å². The van der Waals surface area contributed by atoms with Gasteiger partial charge in [-0.25, -0.2) is 4.98 Å². The number of aryl methyl sites for hydroxylation is 1. The lowest BCUT2D eigenvalue weighted by Crippen LogP contribution is -2.18. The molecule has 0 aliphatic heterocycles. The summed E-state index contributed by atoms with van der Waals surface area (Å²) in [4.78, 5) is 7.37. The first-order valence-corrected chi connectivity index (χ1v) is 9.77. The third kappa shape index (κ3) is 5.09. The van der Waals surface area contributed by atoms with Gasteiger partial charge in [-0.2, -0.15) is 0 Å². The van der Waals surface area contributed by atoms with Crippen LogP contribution in [0.15, 0.2) is 33.6 Å². The lowest BCUT2D eigenvalue weighted by Gasteiger charge is -2.11. The number of benzene rings is 1. The summed E-state index contributed by atoms with van der Waals surface area (Å²) < 4.78 is 1.12. The molecule has 1 aromatic carbocycles. The Morgan fingerprint density at radius 1 is 1.33 bits per heavy atom. The molecule has 2 nitrogen and oxygen atoms in total. The second kappa shape index (κ2) is 8.32. The largest absolute Gasteiger partial charge is 0.309 e. The molecule has 1 heterocycles. The summed E-state index contributed by atoms with van der Waals surface area (Å²) in [6.45, 7) is 7.59. The van der Waals surface area contributed by atoms with Crippen molar-refractivity contribution in [2.45, 2.75) is 43.9 Å². The smallest absolute Gasteiger partial charge is 0.103 e. The van der Waals surface area contributed by atoms with E-state index in [9.17, 15) is 0 Å². The highest BCUT2D eigenvalue weighted by atomic mass is 79.9. The van der Waals surface area contributed by atoms with E-state index in [4.69, 9.17) is 4.98 Å². The quantitative estimate of drug-likeness (QED) is 0.631. The van der Waals surface area contributed by atoms with Gasteiger partial charge in [0.1, 0.15) is 5.01 Å². The number of hydrogen-bond donors (Lipinski definition) is 1. The lowest BCUT2D eigenvalue weighted by atomic mass is 10.2. The van der Waals surface area contributed by atoms with Gasteiger partial charge in [0.2, 0.25) is 0 Å². The molecular formula is C16H21BrN2S2. The molecule has 0 fully saturated rings. The summed E-state index contributed by atoms with van der Waals surface area (Å²) in [5.74, 6) is 0.938. The van der Waals surface area contributed by atoms with Crippen molar-refractivity contribution in [3.63, 3.8) is 0 Å². The van der Waals surface area contributed by atoms with Crippen molar-refractivity contribution in [3.05, 3.63) is 44.3 Å². The van der Waals surface area contributed by atoms with Crippen LogP contribution in [-0.2, 0) is 5.75 Å². The van der Waals surface area contributed by atoms with E-state index in [0.717, 1.165) is 23.2 Å². The van der Waals surface area contributed by atoms with Crippen molar-refractivity contribution in [1.82, 2.24) is 10.3 Å². The minimum Gasteiger partial charge on any atom is -0.309 e. The molecule has 0 saturated heterocycles. The predicted molar refractivity (Wildman–Crippen MR) is 97.3 cm³/mol. The second-order valence-electron chi connectivity index (χ2n) is 4.98. The van der Waals surface area contributed by atoms with Crippen LogP contribution in [0, 0.1) is 6.92 Å². The molecule has 0 saturated carbocycles. The van der Waals surface area contributed by atoms with Gasteiger partial charge in [0.25, 0.3) is 0 Å². The highest BCUT2D eigenvalue weighted by Gasteiger charge is 2.13. The highest BCUT2D eigenvalue weighted by molar-refractivity contribution is 9.10. The van der Waals surface area contributed by atoms with Crippen LogP contribution in [0.4, 0.5) is 0 Å². The van der Waals surface area contributed by atoms with Gasteiger partial charge < -0.3 is 5.32 Å². The molecule has 0 spiro atoms. The molecular weight excluding hydrogens is 364 g/mol. The Labute approximate surface area is 143 Å². The SMILES string of the molecule is CCCNC(C)c1sc(CSc2ccc(Br)cc2)nc1C.